The van der Waals surface area contributed by atoms with Gasteiger partial charge in [-0.1, -0.05) is 12.1 Å². The molecule has 0 heterocycles. The number of ether oxygens (including phenoxy) is 3. The molecule has 4 heteroatoms. The summed E-state index contributed by atoms with van der Waals surface area (Å²) in [5.41, 5.74) is 5.93. The van der Waals surface area contributed by atoms with Crippen molar-refractivity contribution in [2.75, 3.05) is 20.3 Å². The fraction of sp³-hybridized carbons (Fsp3) is 0.600. The van der Waals surface area contributed by atoms with E-state index in [1.54, 1.807) is 7.11 Å². The molecule has 1 aliphatic rings. The zero-order valence-electron chi connectivity index (χ0n) is 11.5. The molecule has 1 aromatic carbocycles. The van der Waals surface area contributed by atoms with Crippen LogP contribution in [0.1, 0.15) is 25.7 Å². The molecule has 0 saturated heterocycles. The maximum absolute atomic E-state index is 5.93. The van der Waals surface area contributed by atoms with E-state index in [0.29, 0.717) is 25.4 Å². The number of methoxy groups -OCH3 is 1. The lowest BCUT2D eigenvalue weighted by Gasteiger charge is -2.26. The molecule has 0 spiro atoms. The summed E-state index contributed by atoms with van der Waals surface area (Å²) in [6, 6.07) is 7.93. The van der Waals surface area contributed by atoms with Crippen LogP contribution in [0, 0.1) is 0 Å². The monoisotopic (exact) mass is 265 g/mol. The minimum absolute atomic E-state index is 0.296. The van der Waals surface area contributed by atoms with Gasteiger partial charge in [0.15, 0.2) is 11.5 Å². The molecule has 2 atom stereocenters. The van der Waals surface area contributed by atoms with Crippen molar-refractivity contribution in [3.8, 4) is 11.5 Å². The van der Waals surface area contributed by atoms with Gasteiger partial charge in [0.1, 0.15) is 6.61 Å². The molecule has 0 bridgehead atoms. The lowest BCUT2D eigenvalue weighted by molar-refractivity contribution is 0.00852. The van der Waals surface area contributed by atoms with Crippen LogP contribution in [0.5, 0.6) is 11.5 Å². The topological polar surface area (TPSA) is 53.7 Å². The van der Waals surface area contributed by atoms with Gasteiger partial charge in [-0.25, -0.2) is 0 Å². The molecule has 4 nitrogen and oxygen atoms in total. The van der Waals surface area contributed by atoms with E-state index in [-0.39, 0.29) is 0 Å². The Hall–Kier alpha value is -1.26. The summed E-state index contributed by atoms with van der Waals surface area (Å²) < 4.78 is 16.7. The highest BCUT2D eigenvalue weighted by atomic mass is 16.5. The van der Waals surface area contributed by atoms with Crippen molar-refractivity contribution < 1.29 is 14.2 Å². The summed E-state index contributed by atoms with van der Waals surface area (Å²) in [4.78, 5) is 0. The lowest BCUT2D eigenvalue weighted by Crippen LogP contribution is -2.32. The minimum atomic E-state index is 0.296. The fourth-order valence-electron chi connectivity index (χ4n) is 2.44. The number of hydrogen-bond acceptors (Lipinski definition) is 4. The van der Waals surface area contributed by atoms with E-state index >= 15 is 0 Å². The minimum Gasteiger partial charge on any atom is -0.493 e. The third kappa shape index (κ3) is 4.40. The van der Waals surface area contributed by atoms with E-state index in [4.69, 9.17) is 19.9 Å². The van der Waals surface area contributed by atoms with Crippen molar-refractivity contribution in [2.45, 2.75) is 37.8 Å². The Labute approximate surface area is 114 Å². The first-order valence-electron chi connectivity index (χ1n) is 6.92. The van der Waals surface area contributed by atoms with Crippen LogP contribution in [0.2, 0.25) is 0 Å². The number of nitrogens with two attached hydrogens (primary N) is 1. The molecular formula is C15H23NO3. The van der Waals surface area contributed by atoms with Gasteiger partial charge >= 0.3 is 0 Å². The number of benzene rings is 1. The quantitative estimate of drug-likeness (QED) is 0.802. The predicted molar refractivity (Wildman–Crippen MR) is 74.7 cm³/mol. The van der Waals surface area contributed by atoms with E-state index < -0.39 is 0 Å². The Morgan fingerprint density at radius 1 is 1.16 bits per heavy atom. The molecule has 2 N–H and O–H groups in total. The Kier molecular flexibility index (Phi) is 5.48. The maximum Gasteiger partial charge on any atom is 0.161 e. The summed E-state index contributed by atoms with van der Waals surface area (Å²) in [7, 11) is 1.64. The second-order valence-corrected chi connectivity index (χ2v) is 4.92. The number of para-hydroxylation sites is 2. The summed E-state index contributed by atoms with van der Waals surface area (Å²) in [5, 5.41) is 0. The zero-order chi connectivity index (χ0) is 13.5. The van der Waals surface area contributed by atoms with Crippen LogP contribution >= 0.6 is 0 Å². The first kappa shape index (κ1) is 14.2. The summed E-state index contributed by atoms with van der Waals surface area (Å²) in [5.74, 6) is 1.51. The van der Waals surface area contributed by atoms with E-state index in [2.05, 4.69) is 0 Å². The van der Waals surface area contributed by atoms with Gasteiger partial charge in [0.25, 0.3) is 0 Å². The SMILES string of the molecule is COc1ccccc1OCCOC1CCCC(N)C1. The van der Waals surface area contributed by atoms with E-state index in [9.17, 15) is 0 Å². The molecule has 1 aromatic rings. The molecule has 106 valence electrons. The maximum atomic E-state index is 5.93. The highest BCUT2D eigenvalue weighted by molar-refractivity contribution is 5.39. The van der Waals surface area contributed by atoms with Gasteiger partial charge in [0.2, 0.25) is 0 Å². The molecule has 0 radical (unpaired) electrons. The van der Waals surface area contributed by atoms with Gasteiger partial charge in [-0.2, -0.15) is 0 Å². The average molecular weight is 265 g/mol. The van der Waals surface area contributed by atoms with Gasteiger partial charge in [-0.05, 0) is 37.8 Å². The third-order valence-corrected chi connectivity index (χ3v) is 3.43. The Morgan fingerprint density at radius 3 is 2.68 bits per heavy atom. The Morgan fingerprint density at radius 2 is 1.95 bits per heavy atom. The fourth-order valence-corrected chi connectivity index (χ4v) is 2.44. The average Bonchev–Trinajstić information content (AvgIpc) is 2.44. The van der Waals surface area contributed by atoms with Crippen LogP contribution < -0.4 is 15.2 Å². The van der Waals surface area contributed by atoms with Crippen molar-refractivity contribution in [1.82, 2.24) is 0 Å². The second-order valence-electron chi connectivity index (χ2n) is 4.92. The molecule has 1 saturated carbocycles. The van der Waals surface area contributed by atoms with Gasteiger partial charge in [0, 0.05) is 6.04 Å². The Balaban J connectivity index is 1.69. The van der Waals surface area contributed by atoms with Crippen molar-refractivity contribution in [2.24, 2.45) is 5.73 Å². The highest BCUT2D eigenvalue weighted by Crippen LogP contribution is 2.25. The molecule has 2 unspecified atom stereocenters. The van der Waals surface area contributed by atoms with Crippen molar-refractivity contribution in [1.29, 1.82) is 0 Å². The Bertz CT molecular complexity index is 383. The standard InChI is InChI=1S/C15H23NO3/c1-17-14-7-2-3-8-15(14)19-10-9-18-13-6-4-5-12(16)11-13/h2-3,7-8,12-13H,4-6,9-11,16H2,1H3. The number of rotatable bonds is 6. The normalized spacial score (nSPS) is 23.1. The van der Waals surface area contributed by atoms with Crippen molar-refractivity contribution >= 4 is 0 Å². The molecule has 1 aliphatic carbocycles. The van der Waals surface area contributed by atoms with Gasteiger partial charge in [0.05, 0.1) is 19.8 Å². The smallest absolute Gasteiger partial charge is 0.161 e. The van der Waals surface area contributed by atoms with Crippen LogP contribution in [0.15, 0.2) is 24.3 Å². The third-order valence-electron chi connectivity index (χ3n) is 3.43. The van der Waals surface area contributed by atoms with E-state index in [1.165, 1.54) is 6.42 Å². The first-order valence-corrected chi connectivity index (χ1v) is 6.92. The van der Waals surface area contributed by atoms with Gasteiger partial charge in [-0.3, -0.25) is 0 Å². The van der Waals surface area contributed by atoms with Crippen LogP contribution in [-0.2, 0) is 4.74 Å². The molecule has 2 rings (SSSR count). The molecule has 0 amide bonds. The van der Waals surface area contributed by atoms with Crippen LogP contribution in [-0.4, -0.2) is 32.5 Å². The number of hydrogen-bond donors (Lipinski definition) is 1. The van der Waals surface area contributed by atoms with Gasteiger partial charge in [-0.15, -0.1) is 0 Å². The molecule has 1 fully saturated rings. The molecular weight excluding hydrogens is 242 g/mol. The van der Waals surface area contributed by atoms with E-state index in [0.717, 1.165) is 30.8 Å². The molecule has 0 aromatic heterocycles. The summed E-state index contributed by atoms with van der Waals surface area (Å²) >= 11 is 0. The van der Waals surface area contributed by atoms with E-state index in [1.807, 2.05) is 24.3 Å². The van der Waals surface area contributed by atoms with Crippen LogP contribution in [0.4, 0.5) is 0 Å². The molecule has 0 aliphatic heterocycles. The first-order chi connectivity index (χ1) is 9.29. The predicted octanol–water partition coefficient (Wildman–Crippen LogP) is 2.36. The van der Waals surface area contributed by atoms with Crippen molar-refractivity contribution in [3.63, 3.8) is 0 Å². The molecule has 19 heavy (non-hydrogen) atoms. The largest absolute Gasteiger partial charge is 0.493 e. The summed E-state index contributed by atoms with van der Waals surface area (Å²) in [6.07, 6.45) is 4.67. The second kappa shape index (κ2) is 7.36. The summed E-state index contributed by atoms with van der Waals surface area (Å²) in [6.45, 7) is 1.13. The van der Waals surface area contributed by atoms with Gasteiger partial charge < -0.3 is 19.9 Å². The van der Waals surface area contributed by atoms with Crippen LogP contribution in [0.3, 0.4) is 0 Å². The van der Waals surface area contributed by atoms with Crippen LogP contribution in [0.25, 0.3) is 0 Å². The van der Waals surface area contributed by atoms with Crippen molar-refractivity contribution in [3.05, 3.63) is 24.3 Å². The zero-order valence-corrected chi connectivity index (χ0v) is 11.5. The lowest BCUT2D eigenvalue weighted by atomic mass is 9.94. The highest BCUT2D eigenvalue weighted by Gasteiger charge is 2.19.